The monoisotopic (exact) mass is 330 g/mol. The lowest BCUT2D eigenvalue weighted by atomic mass is 10.0. The Labute approximate surface area is 111 Å². The molecular formula is C13H19IN2. The van der Waals surface area contributed by atoms with E-state index < -0.39 is 0 Å². The lowest BCUT2D eigenvalue weighted by Crippen LogP contribution is -2.43. The fourth-order valence-corrected chi connectivity index (χ4v) is 2.70. The fourth-order valence-electron chi connectivity index (χ4n) is 2.34. The summed E-state index contributed by atoms with van der Waals surface area (Å²) in [4.78, 5) is 2.50. The maximum absolute atomic E-state index is 6.02. The Kier molecular flexibility index (Phi) is 4.21. The average Bonchev–Trinajstić information content (AvgIpc) is 2.29. The van der Waals surface area contributed by atoms with Crippen LogP contribution >= 0.6 is 22.6 Å². The molecule has 1 saturated heterocycles. The molecule has 2 unspecified atom stereocenters. The molecule has 1 aliphatic heterocycles. The fraction of sp³-hybridized carbons (Fsp3) is 0.538. The number of hydrogen-bond donors (Lipinski definition) is 1. The molecular weight excluding hydrogens is 311 g/mol. The van der Waals surface area contributed by atoms with E-state index in [1.165, 1.54) is 28.5 Å². The lowest BCUT2D eigenvalue weighted by Gasteiger charge is -2.35. The van der Waals surface area contributed by atoms with Crippen LogP contribution in [-0.4, -0.2) is 24.0 Å². The van der Waals surface area contributed by atoms with Crippen LogP contribution in [0.1, 0.15) is 31.4 Å². The summed E-state index contributed by atoms with van der Waals surface area (Å²) < 4.78 is 1.30. The van der Waals surface area contributed by atoms with Gasteiger partial charge in [-0.3, -0.25) is 4.90 Å². The van der Waals surface area contributed by atoms with Gasteiger partial charge < -0.3 is 5.73 Å². The Bertz CT molecular complexity index is 336. The van der Waals surface area contributed by atoms with E-state index in [1.807, 2.05) is 0 Å². The molecule has 0 spiro atoms. The first-order valence-corrected chi connectivity index (χ1v) is 7.00. The Balaban J connectivity index is 2.06. The molecule has 2 rings (SSSR count). The van der Waals surface area contributed by atoms with Crippen molar-refractivity contribution in [2.75, 3.05) is 13.1 Å². The topological polar surface area (TPSA) is 29.3 Å². The van der Waals surface area contributed by atoms with Crippen molar-refractivity contribution >= 4 is 22.6 Å². The van der Waals surface area contributed by atoms with E-state index in [-0.39, 0.29) is 0 Å². The summed E-state index contributed by atoms with van der Waals surface area (Å²) >= 11 is 2.34. The maximum Gasteiger partial charge on any atom is 0.0320 e. The Hall–Kier alpha value is -0.130. The third-order valence-electron chi connectivity index (χ3n) is 3.39. The first-order valence-electron chi connectivity index (χ1n) is 5.92. The van der Waals surface area contributed by atoms with E-state index >= 15 is 0 Å². The summed E-state index contributed by atoms with van der Waals surface area (Å²) in [6.07, 6.45) is 2.41. The molecule has 1 aromatic rings. The average molecular weight is 330 g/mol. The smallest absolute Gasteiger partial charge is 0.0320 e. The van der Waals surface area contributed by atoms with Gasteiger partial charge in [0, 0.05) is 22.2 Å². The van der Waals surface area contributed by atoms with Gasteiger partial charge in [-0.2, -0.15) is 0 Å². The van der Waals surface area contributed by atoms with E-state index in [1.54, 1.807) is 0 Å². The summed E-state index contributed by atoms with van der Waals surface area (Å²) in [5, 5.41) is 0. The maximum atomic E-state index is 6.02. The predicted molar refractivity (Wildman–Crippen MR) is 76.4 cm³/mol. The van der Waals surface area contributed by atoms with Gasteiger partial charge in [-0.15, -0.1) is 0 Å². The van der Waals surface area contributed by atoms with Crippen molar-refractivity contribution in [1.29, 1.82) is 0 Å². The van der Waals surface area contributed by atoms with Crippen molar-refractivity contribution in [3.05, 3.63) is 33.4 Å². The second kappa shape index (κ2) is 5.47. The molecule has 3 heteroatoms. The molecule has 1 heterocycles. The molecule has 1 aliphatic rings. The van der Waals surface area contributed by atoms with Gasteiger partial charge in [-0.1, -0.05) is 12.1 Å². The zero-order valence-corrected chi connectivity index (χ0v) is 11.9. The van der Waals surface area contributed by atoms with Crippen molar-refractivity contribution in [2.45, 2.75) is 31.8 Å². The number of likely N-dealkylation sites (tertiary alicyclic amines) is 1. The van der Waals surface area contributed by atoms with E-state index in [9.17, 15) is 0 Å². The molecule has 0 bridgehead atoms. The standard InChI is InChI=1S/C13H19IN2/c1-10(11-4-6-12(14)7-5-11)16-8-2-3-13(15)9-16/h4-7,10,13H,2-3,8-9,15H2,1H3. The Morgan fingerprint density at radius 2 is 2.06 bits per heavy atom. The van der Waals surface area contributed by atoms with Crippen molar-refractivity contribution < 1.29 is 0 Å². The minimum absolute atomic E-state index is 0.361. The third-order valence-corrected chi connectivity index (χ3v) is 4.11. The number of hydrogen-bond acceptors (Lipinski definition) is 2. The van der Waals surface area contributed by atoms with E-state index in [4.69, 9.17) is 5.73 Å². The van der Waals surface area contributed by atoms with Crippen LogP contribution < -0.4 is 5.73 Å². The first kappa shape index (κ1) is 12.3. The van der Waals surface area contributed by atoms with Crippen LogP contribution in [0.5, 0.6) is 0 Å². The minimum Gasteiger partial charge on any atom is -0.327 e. The number of nitrogens with two attached hydrogens (primary N) is 1. The Morgan fingerprint density at radius 3 is 2.69 bits per heavy atom. The zero-order valence-electron chi connectivity index (χ0n) is 9.70. The number of nitrogens with zero attached hydrogens (tertiary/aromatic N) is 1. The molecule has 0 saturated carbocycles. The van der Waals surface area contributed by atoms with E-state index in [0.717, 1.165) is 6.54 Å². The van der Waals surface area contributed by atoms with Gasteiger partial charge in [0.2, 0.25) is 0 Å². The van der Waals surface area contributed by atoms with Crippen molar-refractivity contribution in [1.82, 2.24) is 4.90 Å². The molecule has 1 fully saturated rings. The summed E-state index contributed by atoms with van der Waals surface area (Å²) in [7, 11) is 0. The predicted octanol–water partition coefficient (Wildman–Crippen LogP) is 2.78. The molecule has 0 amide bonds. The molecule has 2 nitrogen and oxygen atoms in total. The highest BCUT2D eigenvalue weighted by molar-refractivity contribution is 14.1. The lowest BCUT2D eigenvalue weighted by molar-refractivity contribution is 0.159. The van der Waals surface area contributed by atoms with Gasteiger partial charge in [-0.25, -0.2) is 0 Å². The van der Waals surface area contributed by atoms with Gasteiger partial charge in [0.15, 0.2) is 0 Å². The summed E-state index contributed by atoms with van der Waals surface area (Å²) in [6.45, 7) is 4.49. The molecule has 1 aromatic carbocycles. The number of piperidine rings is 1. The highest BCUT2D eigenvalue weighted by Crippen LogP contribution is 2.24. The van der Waals surface area contributed by atoms with E-state index in [0.29, 0.717) is 12.1 Å². The van der Waals surface area contributed by atoms with Gasteiger partial charge in [0.25, 0.3) is 0 Å². The number of rotatable bonds is 2. The van der Waals surface area contributed by atoms with Crippen LogP contribution in [-0.2, 0) is 0 Å². The van der Waals surface area contributed by atoms with Crippen molar-refractivity contribution in [2.24, 2.45) is 5.73 Å². The van der Waals surface area contributed by atoms with E-state index in [2.05, 4.69) is 58.7 Å². The first-order chi connectivity index (χ1) is 7.66. The van der Waals surface area contributed by atoms with Crippen LogP contribution in [0.4, 0.5) is 0 Å². The Morgan fingerprint density at radius 1 is 1.38 bits per heavy atom. The second-order valence-corrected chi connectivity index (χ2v) is 5.87. The molecule has 0 aliphatic carbocycles. The van der Waals surface area contributed by atoms with Crippen LogP contribution in [0, 0.1) is 3.57 Å². The van der Waals surface area contributed by atoms with Crippen LogP contribution in [0.2, 0.25) is 0 Å². The summed E-state index contributed by atoms with van der Waals surface area (Å²) in [6, 6.07) is 9.66. The molecule has 88 valence electrons. The largest absolute Gasteiger partial charge is 0.327 e. The highest BCUT2D eigenvalue weighted by atomic mass is 127. The van der Waals surface area contributed by atoms with Gasteiger partial charge in [0.1, 0.15) is 0 Å². The SMILES string of the molecule is CC(c1ccc(I)cc1)N1CCCC(N)C1. The van der Waals surface area contributed by atoms with Crippen LogP contribution in [0.3, 0.4) is 0 Å². The quantitative estimate of drug-likeness (QED) is 0.845. The zero-order chi connectivity index (χ0) is 11.5. The summed E-state index contributed by atoms with van der Waals surface area (Å²) in [5.41, 5.74) is 7.42. The van der Waals surface area contributed by atoms with Crippen molar-refractivity contribution in [3.8, 4) is 0 Å². The molecule has 2 N–H and O–H groups in total. The molecule has 0 aromatic heterocycles. The second-order valence-electron chi connectivity index (χ2n) is 4.62. The highest BCUT2D eigenvalue weighted by Gasteiger charge is 2.21. The summed E-state index contributed by atoms with van der Waals surface area (Å²) in [5.74, 6) is 0. The number of halogens is 1. The van der Waals surface area contributed by atoms with Crippen LogP contribution in [0.15, 0.2) is 24.3 Å². The van der Waals surface area contributed by atoms with Gasteiger partial charge >= 0.3 is 0 Å². The molecule has 0 radical (unpaired) electrons. The van der Waals surface area contributed by atoms with Gasteiger partial charge in [0.05, 0.1) is 0 Å². The minimum atomic E-state index is 0.361. The molecule has 16 heavy (non-hydrogen) atoms. The molecule has 2 atom stereocenters. The van der Waals surface area contributed by atoms with Crippen molar-refractivity contribution in [3.63, 3.8) is 0 Å². The number of benzene rings is 1. The normalized spacial score (nSPS) is 24.3. The van der Waals surface area contributed by atoms with Crippen LogP contribution in [0.25, 0.3) is 0 Å². The van der Waals surface area contributed by atoms with Gasteiger partial charge in [-0.05, 0) is 66.6 Å². The third kappa shape index (κ3) is 2.96.